The first-order chi connectivity index (χ1) is 8.38. The van der Waals surface area contributed by atoms with Crippen LogP contribution in [0.15, 0.2) is 24.7 Å². The third-order valence-corrected chi connectivity index (χ3v) is 3.33. The van der Waals surface area contributed by atoms with Gasteiger partial charge in [0.25, 0.3) is 0 Å². The largest absolute Gasteiger partial charge is 0.325 e. The number of imidazole rings is 1. The van der Waals surface area contributed by atoms with Crippen LogP contribution in [0.4, 0.5) is 0 Å². The summed E-state index contributed by atoms with van der Waals surface area (Å²) in [4.78, 5) is 8.81. The van der Waals surface area contributed by atoms with Gasteiger partial charge in [-0.2, -0.15) is 0 Å². The fourth-order valence-electron chi connectivity index (χ4n) is 2.37. The molecular formula is C13H16N4. The maximum atomic E-state index is 5.55. The van der Waals surface area contributed by atoms with Gasteiger partial charge in [-0.15, -0.1) is 0 Å². The molecular weight excluding hydrogens is 212 g/mol. The Hall–Kier alpha value is -1.68. The van der Waals surface area contributed by atoms with Crippen molar-refractivity contribution in [2.24, 2.45) is 5.73 Å². The molecule has 2 N–H and O–H groups in total. The van der Waals surface area contributed by atoms with Crippen molar-refractivity contribution in [1.82, 2.24) is 14.5 Å². The van der Waals surface area contributed by atoms with Gasteiger partial charge in [-0.3, -0.25) is 4.98 Å². The van der Waals surface area contributed by atoms with Crippen molar-refractivity contribution >= 4 is 0 Å². The van der Waals surface area contributed by atoms with E-state index in [4.69, 9.17) is 5.73 Å². The van der Waals surface area contributed by atoms with Gasteiger partial charge in [0.2, 0.25) is 0 Å². The molecule has 17 heavy (non-hydrogen) atoms. The van der Waals surface area contributed by atoms with Crippen LogP contribution in [0.25, 0.3) is 5.69 Å². The first-order valence-electron chi connectivity index (χ1n) is 6.09. The molecule has 0 saturated carbocycles. The van der Waals surface area contributed by atoms with Gasteiger partial charge in [0.15, 0.2) is 0 Å². The van der Waals surface area contributed by atoms with Crippen LogP contribution in [-0.4, -0.2) is 14.5 Å². The first-order valence-corrected chi connectivity index (χ1v) is 6.09. The Labute approximate surface area is 101 Å². The molecule has 0 fully saturated rings. The highest BCUT2D eigenvalue weighted by atomic mass is 15.1. The molecule has 2 aromatic rings. The zero-order valence-corrected chi connectivity index (χ0v) is 9.76. The lowest BCUT2D eigenvalue weighted by Gasteiger charge is -2.13. The van der Waals surface area contributed by atoms with Crippen molar-refractivity contribution < 1.29 is 0 Å². The summed E-state index contributed by atoms with van der Waals surface area (Å²) in [7, 11) is 0. The van der Waals surface area contributed by atoms with E-state index in [0.717, 1.165) is 24.2 Å². The van der Waals surface area contributed by atoms with E-state index in [1.54, 1.807) is 0 Å². The highest BCUT2D eigenvalue weighted by molar-refractivity contribution is 5.34. The van der Waals surface area contributed by atoms with Crippen LogP contribution in [0.5, 0.6) is 0 Å². The first kappa shape index (κ1) is 10.5. The number of rotatable bonds is 2. The van der Waals surface area contributed by atoms with Crippen molar-refractivity contribution in [3.8, 4) is 5.69 Å². The molecule has 0 spiro atoms. The Kier molecular flexibility index (Phi) is 2.65. The van der Waals surface area contributed by atoms with Crippen LogP contribution in [-0.2, 0) is 19.4 Å². The van der Waals surface area contributed by atoms with Gasteiger partial charge in [0, 0.05) is 12.2 Å². The monoisotopic (exact) mass is 228 g/mol. The van der Waals surface area contributed by atoms with Crippen molar-refractivity contribution in [3.05, 3.63) is 41.7 Å². The summed E-state index contributed by atoms with van der Waals surface area (Å²) in [5, 5.41) is 0. The maximum Gasteiger partial charge on any atom is 0.0998 e. The van der Waals surface area contributed by atoms with Crippen molar-refractivity contribution in [3.63, 3.8) is 0 Å². The molecule has 0 aliphatic heterocycles. The van der Waals surface area contributed by atoms with E-state index in [9.17, 15) is 0 Å². The smallest absolute Gasteiger partial charge is 0.0998 e. The van der Waals surface area contributed by atoms with Crippen LogP contribution < -0.4 is 5.73 Å². The minimum atomic E-state index is 0.488. The Balaban J connectivity index is 2.00. The maximum absolute atomic E-state index is 5.55. The molecule has 0 amide bonds. The van der Waals surface area contributed by atoms with E-state index in [-0.39, 0.29) is 0 Å². The van der Waals surface area contributed by atoms with Gasteiger partial charge in [0.05, 0.1) is 29.6 Å². The van der Waals surface area contributed by atoms with E-state index in [1.807, 2.05) is 18.6 Å². The number of hydrogen-bond acceptors (Lipinski definition) is 3. The normalized spacial score (nSPS) is 14.6. The molecule has 1 aliphatic rings. The van der Waals surface area contributed by atoms with E-state index >= 15 is 0 Å². The minimum absolute atomic E-state index is 0.488. The Morgan fingerprint density at radius 2 is 2.06 bits per heavy atom. The molecule has 88 valence electrons. The summed E-state index contributed by atoms with van der Waals surface area (Å²) in [5.41, 5.74) is 10.1. The minimum Gasteiger partial charge on any atom is -0.325 e. The van der Waals surface area contributed by atoms with Crippen molar-refractivity contribution in [2.45, 2.75) is 32.2 Å². The van der Waals surface area contributed by atoms with Gasteiger partial charge < -0.3 is 10.3 Å². The second-order valence-electron chi connectivity index (χ2n) is 4.43. The lowest BCUT2D eigenvalue weighted by atomic mass is 10.0. The van der Waals surface area contributed by atoms with Gasteiger partial charge in [-0.25, -0.2) is 4.98 Å². The molecule has 2 heterocycles. The van der Waals surface area contributed by atoms with Gasteiger partial charge in [-0.1, -0.05) is 0 Å². The van der Waals surface area contributed by atoms with E-state index in [1.165, 1.54) is 24.2 Å². The summed E-state index contributed by atoms with van der Waals surface area (Å²) in [6, 6.07) is 4.04. The molecule has 4 nitrogen and oxygen atoms in total. The van der Waals surface area contributed by atoms with Crippen molar-refractivity contribution in [2.75, 3.05) is 0 Å². The zero-order chi connectivity index (χ0) is 11.7. The molecule has 3 rings (SSSR count). The number of fused-ring (bicyclic) bond motifs is 1. The molecule has 2 aromatic heterocycles. The van der Waals surface area contributed by atoms with Gasteiger partial charge in [0.1, 0.15) is 0 Å². The standard InChI is InChI=1S/C13H16N4/c14-7-10-5-6-11(8-15-10)17-9-16-12-3-1-2-4-13(12)17/h5-6,8-9H,1-4,7,14H2. The lowest BCUT2D eigenvalue weighted by molar-refractivity contribution is 0.655. The number of nitrogens with two attached hydrogens (primary N) is 1. The van der Waals surface area contributed by atoms with Gasteiger partial charge >= 0.3 is 0 Å². The van der Waals surface area contributed by atoms with Crippen LogP contribution in [0.1, 0.15) is 29.9 Å². The quantitative estimate of drug-likeness (QED) is 0.849. The molecule has 0 atom stereocenters. The molecule has 0 radical (unpaired) electrons. The van der Waals surface area contributed by atoms with Crippen LogP contribution in [0.2, 0.25) is 0 Å². The summed E-state index contributed by atoms with van der Waals surface area (Å²) in [6.45, 7) is 0.488. The van der Waals surface area contributed by atoms with E-state index < -0.39 is 0 Å². The fourth-order valence-corrected chi connectivity index (χ4v) is 2.37. The number of nitrogens with zero attached hydrogens (tertiary/aromatic N) is 3. The average Bonchev–Trinajstić information content (AvgIpc) is 2.83. The highest BCUT2D eigenvalue weighted by Gasteiger charge is 2.15. The van der Waals surface area contributed by atoms with E-state index in [0.29, 0.717) is 6.54 Å². The average molecular weight is 228 g/mol. The third-order valence-electron chi connectivity index (χ3n) is 3.33. The predicted molar refractivity (Wildman–Crippen MR) is 65.9 cm³/mol. The molecule has 0 bridgehead atoms. The van der Waals surface area contributed by atoms with Gasteiger partial charge in [-0.05, 0) is 37.8 Å². The number of pyridine rings is 1. The van der Waals surface area contributed by atoms with Crippen LogP contribution in [0, 0.1) is 0 Å². The third kappa shape index (κ3) is 1.85. The zero-order valence-electron chi connectivity index (χ0n) is 9.76. The molecule has 4 heteroatoms. The number of aryl methyl sites for hydroxylation is 1. The second-order valence-corrected chi connectivity index (χ2v) is 4.43. The summed E-state index contributed by atoms with van der Waals surface area (Å²) >= 11 is 0. The Bertz CT molecular complexity index is 513. The van der Waals surface area contributed by atoms with E-state index in [2.05, 4.69) is 20.6 Å². The summed E-state index contributed by atoms with van der Waals surface area (Å²) < 4.78 is 2.15. The second kappa shape index (κ2) is 4.30. The Morgan fingerprint density at radius 1 is 1.18 bits per heavy atom. The summed E-state index contributed by atoms with van der Waals surface area (Å²) in [5.74, 6) is 0. The van der Waals surface area contributed by atoms with Crippen molar-refractivity contribution in [1.29, 1.82) is 0 Å². The molecule has 1 aliphatic carbocycles. The predicted octanol–water partition coefficient (Wildman–Crippen LogP) is 1.60. The van der Waals surface area contributed by atoms with Crippen LogP contribution in [0.3, 0.4) is 0 Å². The number of hydrogen-bond donors (Lipinski definition) is 1. The molecule has 0 saturated heterocycles. The SMILES string of the molecule is NCc1ccc(-n2cnc3c2CCCC3)cn1. The molecule has 0 aromatic carbocycles. The highest BCUT2D eigenvalue weighted by Crippen LogP contribution is 2.22. The molecule has 0 unspecified atom stereocenters. The fraction of sp³-hybridized carbons (Fsp3) is 0.385. The topological polar surface area (TPSA) is 56.7 Å². The number of aromatic nitrogens is 3. The lowest BCUT2D eigenvalue weighted by Crippen LogP contribution is -2.07. The summed E-state index contributed by atoms with van der Waals surface area (Å²) in [6.07, 6.45) is 8.53. The van der Waals surface area contributed by atoms with Crippen LogP contribution >= 0.6 is 0 Å². The Morgan fingerprint density at radius 3 is 2.82 bits per heavy atom.